The smallest absolute Gasteiger partial charge is 0.230 e. The lowest BCUT2D eigenvalue weighted by Gasteiger charge is -2.27. The molecule has 6 nitrogen and oxygen atoms in total. The average Bonchev–Trinajstić information content (AvgIpc) is 2.84. The number of aliphatic hydroxyl groups is 1. The lowest BCUT2D eigenvalue weighted by Crippen LogP contribution is -2.42. The van der Waals surface area contributed by atoms with Crippen molar-refractivity contribution in [2.45, 2.75) is 32.5 Å². The summed E-state index contributed by atoms with van der Waals surface area (Å²) < 4.78 is 5.34. The van der Waals surface area contributed by atoms with Crippen molar-refractivity contribution in [2.75, 3.05) is 19.6 Å². The Morgan fingerprint density at radius 1 is 1.50 bits per heavy atom. The van der Waals surface area contributed by atoms with Crippen LogP contribution < -0.4 is 5.32 Å². The van der Waals surface area contributed by atoms with Crippen LogP contribution in [-0.2, 0) is 6.54 Å². The second kappa shape index (κ2) is 4.90. The van der Waals surface area contributed by atoms with Crippen molar-refractivity contribution in [2.24, 2.45) is 0 Å². The van der Waals surface area contributed by atoms with Crippen LogP contribution in [0.15, 0.2) is 4.42 Å². The maximum atomic E-state index is 9.80. The molecule has 2 rings (SSSR count). The fourth-order valence-corrected chi connectivity index (χ4v) is 2.06. The Balaban J connectivity index is 2.00. The number of rotatable bonds is 4. The van der Waals surface area contributed by atoms with Crippen molar-refractivity contribution in [3.8, 4) is 0 Å². The number of hydrogen-bond acceptors (Lipinski definition) is 6. The van der Waals surface area contributed by atoms with E-state index in [1.165, 1.54) is 0 Å². The van der Waals surface area contributed by atoms with Gasteiger partial charge in [0, 0.05) is 26.1 Å². The van der Waals surface area contributed by atoms with E-state index in [1.807, 2.05) is 0 Å². The third-order valence-electron chi connectivity index (χ3n) is 2.93. The molecule has 90 valence electrons. The van der Waals surface area contributed by atoms with Crippen LogP contribution in [-0.4, -0.2) is 52.0 Å². The van der Waals surface area contributed by atoms with Crippen molar-refractivity contribution in [1.82, 2.24) is 20.4 Å². The molecule has 1 aromatic heterocycles. The molecule has 6 heteroatoms. The molecular weight excluding hydrogens is 208 g/mol. The van der Waals surface area contributed by atoms with Gasteiger partial charge in [0.2, 0.25) is 11.8 Å². The van der Waals surface area contributed by atoms with Gasteiger partial charge in [-0.3, -0.25) is 4.90 Å². The number of aliphatic hydroxyl groups excluding tert-OH is 1. The fourth-order valence-electron chi connectivity index (χ4n) is 2.06. The van der Waals surface area contributed by atoms with E-state index in [0.29, 0.717) is 24.9 Å². The zero-order valence-corrected chi connectivity index (χ0v) is 9.68. The normalized spacial score (nSPS) is 25.5. The molecule has 2 N–H and O–H groups in total. The molecule has 1 aliphatic rings. The van der Waals surface area contributed by atoms with E-state index in [2.05, 4.69) is 27.3 Å². The highest BCUT2D eigenvalue weighted by Crippen LogP contribution is 2.12. The van der Waals surface area contributed by atoms with Gasteiger partial charge in [-0.25, -0.2) is 0 Å². The molecule has 0 radical (unpaired) electrons. The van der Waals surface area contributed by atoms with E-state index in [-0.39, 0.29) is 12.1 Å². The molecule has 0 aromatic carbocycles. The van der Waals surface area contributed by atoms with Crippen molar-refractivity contribution >= 4 is 0 Å². The number of hydrogen-bond donors (Lipinski definition) is 2. The number of β-amino-alcohol motifs (C(OH)–C–C–N with tert-alkyl or cyclic N) is 1. The first-order valence-electron chi connectivity index (χ1n) is 5.62. The van der Waals surface area contributed by atoms with Gasteiger partial charge in [0.05, 0.1) is 12.6 Å². The van der Waals surface area contributed by atoms with Gasteiger partial charge < -0.3 is 14.8 Å². The molecule has 1 fully saturated rings. The van der Waals surface area contributed by atoms with E-state index in [0.717, 1.165) is 13.1 Å². The van der Waals surface area contributed by atoms with Crippen LogP contribution in [0.5, 0.6) is 0 Å². The molecule has 1 aliphatic heterocycles. The largest absolute Gasteiger partial charge is 0.424 e. The van der Waals surface area contributed by atoms with Crippen LogP contribution >= 0.6 is 0 Å². The van der Waals surface area contributed by atoms with E-state index in [4.69, 9.17) is 4.42 Å². The minimum absolute atomic E-state index is 0.136. The van der Waals surface area contributed by atoms with Crippen LogP contribution in [0.3, 0.4) is 0 Å². The lowest BCUT2D eigenvalue weighted by atomic mass is 10.2. The molecule has 2 unspecified atom stereocenters. The summed E-state index contributed by atoms with van der Waals surface area (Å²) in [5.41, 5.74) is 0. The van der Waals surface area contributed by atoms with Crippen molar-refractivity contribution in [1.29, 1.82) is 0 Å². The maximum absolute atomic E-state index is 9.80. The highest BCUT2D eigenvalue weighted by Gasteiger charge is 2.30. The zero-order chi connectivity index (χ0) is 11.5. The summed E-state index contributed by atoms with van der Waals surface area (Å²) in [7, 11) is 0. The van der Waals surface area contributed by atoms with Gasteiger partial charge >= 0.3 is 0 Å². The number of likely N-dealkylation sites (N-methyl/N-ethyl adjacent to an activating group) is 1. The molecular formula is C10H18N4O2. The summed E-state index contributed by atoms with van der Waals surface area (Å²) >= 11 is 0. The van der Waals surface area contributed by atoms with Crippen molar-refractivity contribution < 1.29 is 9.52 Å². The van der Waals surface area contributed by atoms with Crippen LogP contribution in [0, 0.1) is 6.92 Å². The summed E-state index contributed by atoms with van der Waals surface area (Å²) in [5.74, 6) is 1.19. The summed E-state index contributed by atoms with van der Waals surface area (Å²) in [6.45, 7) is 6.75. The predicted molar refractivity (Wildman–Crippen MR) is 57.8 cm³/mol. The quantitative estimate of drug-likeness (QED) is 0.723. The van der Waals surface area contributed by atoms with Gasteiger partial charge in [0.15, 0.2) is 0 Å². The van der Waals surface area contributed by atoms with Crippen molar-refractivity contribution in [3.05, 3.63) is 11.8 Å². The van der Waals surface area contributed by atoms with E-state index < -0.39 is 0 Å². The molecule has 0 bridgehead atoms. The van der Waals surface area contributed by atoms with Crippen molar-refractivity contribution in [3.63, 3.8) is 0 Å². The monoisotopic (exact) mass is 226 g/mol. The van der Waals surface area contributed by atoms with Gasteiger partial charge in [-0.2, -0.15) is 0 Å². The van der Waals surface area contributed by atoms with Crippen LogP contribution in [0.2, 0.25) is 0 Å². The predicted octanol–water partition coefficient (Wildman–Crippen LogP) is -0.467. The molecule has 0 spiro atoms. The zero-order valence-electron chi connectivity index (χ0n) is 9.68. The lowest BCUT2D eigenvalue weighted by molar-refractivity contribution is 0.0761. The summed E-state index contributed by atoms with van der Waals surface area (Å²) in [6, 6.07) is 0.136. The van der Waals surface area contributed by atoms with Gasteiger partial charge in [-0.05, 0) is 6.54 Å². The molecule has 0 saturated carbocycles. The molecule has 2 atom stereocenters. The molecule has 0 aliphatic carbocycles. The molecule has 1 saturated heterocycles. The molecule has 16 heavy (non-hydrogen) atoms. The van der Waals surface area contributed by atoms with E-state index in [9.17, 15) is 5.11 Å². The number of aromatic nitrogens is 2. The number of nitrogens with one attached hydrogen (secondary N) is 1. The third-order valence-corrected chi connectivity index (χ3v) is 2.93. The first-order chi connectivity index (χ1) is 7.70. The van der Waals surface area contributed by atoms with E-state index in [1.54, 1.807) is 6.92 Å². The standard InChI is InChI=1S/C10H18N4O2/c1-3-14(8-4-11-5-9(8)15)6-10-13-12-7(2)16-10/h8-9,11,15H,3-6H2,1-2H3. The third kappa shape index (κ3) is 2.40. The Labute approximate surface area is 94.7 Å². The average molecular weight is 226 g/mol. The van der Waals surface area contributed by atoms with Gasteiger partial charge in [-0.1, -0.05) is 6.92 Å². The Kier molecular flexibility index (Phi) is 3.52. The molecule has 1 aromatic rings. The van der Waals surface area contributed by atoms with Gasteiger partial charge in [-0.15, -0.1) is 10.2 Å². The first kappa shape index (κ1) is 11.5. The van der Waals surface area contributed by atoms with Gasteiger partial charge in [0.1, 0.15) is 0 Å². The SMILES string of the molecule is CCN(Cc1nnc(C)o1)C1CNCC1O. The Hall–Kier alpha value is -0.980. The second-order valence-electron chi connectivity index (χ2n) is 4.07. The number of aryl methyl sites for hydroxylation is 1. The van der Waals surface area contributed by atoms with Crippen LogP contribution in [0.25, 0.3) is 0 Å². The molecule has 0 amide bonds. The second-order valence-corrected chi connectivity index (χ2v) is 4.07. The highest BCUT2D eigenvalue weighted by atomic mass is 16.4. The maximum Gasteiger partial charge on any atom is 0.230 e. The summed E-state index contributed by atoms with van der Waals surface area (Å²) in [5, 5.41) is 20.7. The fraction of sp³-hybridized carbons (Fsp3) is 0.800. The minimum Gasteiger partial charge on any atom is -0.424 e. The van der Waals surface area contributed by atoms with Gasteiger partial charge in [0.25, 0.3) is 0 Å². The minimum atomic E-state index is -0.316. The highest BCUT2D eigenvalue weighted by molar-refractivity contribution is 4.90. The number of nitrogens with zero attached hydrogens (tertiary/aromatic N) is 3. The Morgan fingerprint density at radius 2 is 2.31 bits per heavy atom. The topological polar surface area (TPSA) is 74.4 Å². The Morgan fingerprint density at radius 3 is 2.81 bits per heavy atom. The summed E-state index contributed by atoms with van der Waals surface area (Å²) in [4.78, 5) is 2.15. The first-order valence-corrected chi connectivity index (χ1v) is 5.62. The molecule has 2 heterocycles. The summed E-state index contributed by atoms with van der Waals surface area (Å²) in [6.07, 6.45) is -0.316. The van der Waals surface area contributed by atoms with Crippen LogP contribution in [0.1, 0.15) is 18.7 Å². The Bertz CT molecular complexity index is 341. The van der Waals surface area contributed by atoms with Crippen LogP contribution in [0.4, 0.5) is 0 Å². The van der Waals surface area contributed by atoms with E-state index >= 15 is 0 Å².